The number of halogens is 1. The molecule has 1 N–H and O–H groups in total. The number of benzene rings is 2. The molecule has 2 aromatic carbocycles. The van der Waals surface area contributed by atoms with Crippen molar-refractivity contribution in [2.75, 3.05) is 19.5 Å². The van der Waals surface area contributed by atoms with Crippen molar-refractivity contribution in [3.63, 3.8) is 0 Å². The number of nitrogens with one attached hydrogen (secondary N) is 1. The molecule has 3 aromatic rings. The first-order valence-electron chi connectivity index (χ1n) is 8.85. The van der Waals surface area contributed by atoms with Gasteiger partial charge in [-0.2, -0.15) is 4.68 Å². The Morgan fingerprint density at radius 3 is 2.67 bits per heavy atom. The van der Waals surface area contributed by atoms with Crippen LogP contribution in [0.1, 0.15) is 22.0 Å². The summed E-state index contributed by atoms with van der Waals surface area (Å²) < 4.78 is 25.4. The highest BCUT2D eigenvalue weighted by Crippen LogP contribution is 2.37. The summed E-state index contributed by atoms with van der Waals surface area (Å²) in [6, 6.07) is 11.2. The Bertz CT molecular complexity index is 1170. The molecule has 0 amide bonds. The zero-order valence-corrected chi connectivity index (χ0v) is 16.0. The number of hydrogen-bond donors (Lipinski definition) is 1. The maximum atomic E-state index is 14.0. The molecular formula is C20H16FN5O4. The molecule has 4 rings (SSSR count). The van der Waals surface area contributed by atoms with Crippen molar-refractivity contribution in [1.29, 1.82) is 0 Å². The molecule has 1 atom stereocenters. The normalized spacial score (nSPS) is 15.2. The van der Waals surface area contributed by atoms with Crippen LogP contribution in [0.5, 0.6) is 5.75 Å². The van der Waals surface area contributed by atoms with Crippen LogP contribution in [0.25, 0.3) is 0 Å². The fourth-order valence-corrected chi connectivity index (χ4v) is 3.29. The summed E-state index contributed by atoms with van der Waals surface area (Å²) >= 11 is 0. The number of aromatic nitrogens is 4. The number of carbonyl (C=O) groups excluding carboxylic acids is 2. The Morgan fingerprint density at radius 1 is 1.13 bits per heavy atom. The van der Waals surface area contributed by atoms with Gasteiger partial charge in [0.1, 0.15) is 23.3 Å². The predicted octanol–water partition coefficient (Wildman–Crippen LogP) is 2.15. The van der Waals surface area contributed by atoms with Crippen molar-refractivity contribution in [3.8, 4) is 5.75 Å². The van der Waals surface area contributed by atoms with Crippen molar-refractivity contribution in [2.45, 2.75) is 6.04 Å². The van der Waals surface area contributed by atoms with Crippen LogP contribution in [-0.2, 0) is 9.53 Å². The fraction of sp³-hybridized carbons (Fsp3) is 0.150. The molecule has 0 spiro atoms. The third-order valence-electron chi connectivity index (χ3n) is 4.65. The van der Waals surface area contributed by atoms with Crippen LogP contribution in [0.15, 0.2) is 59.8 Å². The van der Waals surface area contributed by atoms with Gasteiger partial charge in [0.2, 0.25) is 5.95 Å². The summed E-state index contributed by atoms with van der Waals surface area (Å²) in [5, 5.41) is 14.1. The second-order valence-corrected chi connectivity index (χ2v) is 6.37. The number of nitrogens with zero attached hydrogens (tertiary/aromatic N) is 4. The van der Waals surface area contributed by atoms with Crippen molar-refractivity contribution in [2.24, 2.45) is 0 Å². The van der Waals surface area contributed by atoms with Gasteiger partial charge in [0.25, 0.3) is 0 Å². The fourth-order valence-electron chi connectivity index (χ4n) is 3.29. The number of Topliss-reactive ketones (excluding diaryl/α,β-unsaturated/α-hetero) is 1. The van der Waals surface area contributed by atoms with Gasteiger partial charge in [-0.1, -0.05) is 29.4 Å². The number of hydrogen-bond acceptors (Lipinski definition) is 8. The van der Waals surface area contributed by atoms with Gasteiger partial charge < -0.3 is 14.8 Å². The number of methoxy groups -OCH3 is 2. The van der Waals surface area contributed by atoms with Crippen LogP contribution in [-0.4, -0.2) is 46.2 Å². The summed E-state index contributed by atoms with van der Waals surface area (Å²) in [6.07, 6.45) is 0. The van der Waals surface area contributed by atoms with Crippen LogP contribution < -0.4 is 10.1 Å². The molecule has 0 bridgehead atoms. The van der Waals surface area contributed by atoms with Crippen molar-refractivity contribution < 1.29 is 23.5 Å². The number of allylic oxidation sites excluding steroid dienone is 1. The molecule has 0 fully saturated rings. The summed E-state index contributed by atoms with van der Waals surface area (Å²) in [4.78, 5) is 26.1. The quantitative estimate of drug-likeness (QED) is 0.504. The number of carbonyl (C=O) groups is 2. The summed E-state index contributed by atoms with van der Waals surface area (Å²) in [5.41, 5.74) is 0.547. The lowest BCUT2D eigenvalue weighted by atomic mass is 9.89. The third-order valence-corrected chi connectivity index (χ3v) is 4.65. The zero-order chi connectivity index (χ0) is 21.3. The monoisotopic (exact) mass is 409 g/mol. The van der Waals surface area contributed by atoms with Crippen LogP contribution >= 0.6 is 0 Å². The molecule has 0 saturated heterocycles. The summed E-state index contributed by atoms with van der Waals surface area (Å²) in [7, 11) is 2.67. The average molecular weight is 409 g/mol. The number of esters is 1. The van der Waals surface area contributed by atoms with E-state index in [1.54, 1.807) is 30.3 Å². The van der Waals surface area contributed by atoms with Gasteiger partial charge in [-0.3, -0.25) is 4.79 Å². The second-order valence-electron chi connectivity index (χ2n) is 6.37. The number of tetrazole rings is 1. The lowest BCUT2D eigenvalue weighted by molar-refractivity contribution is -0.136. The standard InChI is InChI=1S/C20H16FN5O4/c1-29-14-8-4-6-12(10-14)18(27)15-16(19(28)30-2)22-20-23-24-25-26(20)17(15)11-5-3-7-13(21)9-11/h3-10,17H,1-2H3,(H,22,23,25)/t17-/m1/s1. The second kappa shape index (κ2) is 7.74. The van der Waals surface area contributed by atoms with E-state index in [0.29, 0.717) is 11.3 Å². The molecule has 30 heavy (non-hydrogen) atoms. The first-order valence-corrected chi connectivity index (χ1v) is 8.85. The van der Waals surface area contributed by atoms with Crippen molar-refractivity contribution in [1.82, 2.24) is 20.2 Å². The van der Waals surface area contributed by atoms with Gasteiger partial charge in [-0.25, -0.2) is 9.18 Å². The molecule has 1 aliphatic heterocycles. The lowest BCUT2D eigenvalue weighted by Gasteiger charge is -2.28. The Labute approximate surface area is 170 Å². The smallest absolute Gasteiger partial charge is 0.355 e. The molecule has 9 nitrogen and oxygen atoms in total. The third kappa shape index (κ3) is 3.28. The molecule has 10 heteroatoms. The zero-order valence-electron chi connectivity index (χ0n) is 16.0. The minimum atomic E-state index is -0.959. The van der Waals surface area contributed by atoms with E-state index >= 15 is 0 Å². The van der Waals surface area contributed by atoms with E-state index in [4.69, 9.17) is 9.47 Å². The van der Waals surface area contributed by atoms with Gasteiger partial charge in [0.15, 0.2) is 5.78 Å². The topological polar surface area (TPSA) is 108 Å². The van der Waals surface area contributed by atoms with E-state index in [-0.39, 0.29) is 22.8 Å². The first kappa shape index (κ1) is 19.2. The Kier molecular flexibility index (Phi) is 4.97. The highest BCUT2D eigenvalue weighted by Gasteiger charge is 2.38. The molecule has 0 aliphatic carbocycles. The Balaban J connectivity index is 1.95. The van der Waals surface area contributed by atoms with E-state index in [9.17, 15) is 14.0 Å². The molecular weight excluding hydrogens is 393 g/mol. The Hall–Kier alpha value is -4.08. The van der Waals surface area contributed by atoms with Crippen LogP contribution in [0.2, 0.25) is 0 Å². The number of fused-ring (bicyclic) bond motifs is 1. The molecule has 0 saturated carbocycles. The largest absolute Gasteiger partial charge is 0.497 e. The first-order chi connectivity index (χ1) is 14.5. The highest BCUT2D eigenvalue weighted by molar-refractivity contribution is 6.15. The van der Waals surface area contributed by atoms with Gasteiger partial charge in [0.05, 0.1) is 19.8 Å². The van der Waals surface area contributed by atoms with E-state index in [1.807, 2.05) is 0 Å². The highest BCUT2D eigenvalue weighted by atomic mass is 19.1. The van der Waals surface area contributed by atoms with E-state index in [2.05, 4.69) is 20.8 Å². The number of ketones is 1. The maximum absolute atomic E-state index is 14.0. The average Bonchev–Trinajstić information content (AvgIpc) is 3.25. The molecule has 152 valence electrons. The van der Waals surface area contributed by atoms with Gasteiger partial charge in [-0.15, -0.1) is 0 Å². The van der Waals surface area contributed by atoms with Crippen molar-refractivity contribution in [3.05, 3.63) is 76.7 Å². The van der Waals surface area contributed by atoms with Gasteiger partial charge >= 0.3 is 5.97 Å². The van der Waals surface area contributed by atoms with Crippen LogP contribution in [0.4, 0.5) is 10.3 Å². The van der Waals surface area contributed by atoms with Crippen molar-refractivity contribution >= 4 is 17.7 Å². The predicted molar refractivity (Wildman–Crippen MR) is 102 cm³/mol. The SMILES string of the molecule is COC(=O)C1=C(C(=O)c2cccc(OC)c2)[C@@H](c2cccc(F)c2)n2nnnc2N1. The number of ether oxygens (including phenoxy) is 2. The van der Waals surface area contributed by atoms with E-state index < -0.39 is 23.6 Å². The summed E-state index contributed by atoms with van der Waals surface area (Å²) in [6.45, 7) is 0. The van der Waals surface area contributed by atoms with Crippen LogP contribution in [0.3, 0.4) is 0 Å². The molecule has 1 aromatic heterocycles. The number of rotatable bonds is 5. The number of anilines is 1. The molecule has 0 radical (unpaired) electrons. The molecule has 2 heterocycles. The van der Waals surface area contributed by atoms with E-state index in [1.165, 1.54) is 37.1 Å². The minimum Gasteiger partial charge on any atom is -0.497 e. The van der Waals surface area contributed by atoms with Crippen LogP contribution in [0, 0.1) is 5.82 Å². The molecule has 1 aliphatic rings. The lowest BCUT2D eigenvalue weighted by Crippen LogP contribution is -2.33. The van der Waals surface area contributed by atoms with Gasteiger partial charge in [-0.05, 0) is 40.3 Å². The van der Waals surface area contributed by atoms with E-state index in [0.717, 1.165) is 0 Å². The maximum Gasteiger partial charge on any atom is 0.355 e. The molecule has 0 unspecified atom stereocenters. The minimum absolute atomic E-state index is 0.0144. The van der Waals surface area contributed by atoms with Gasteiger partial charge in [0, 0.05) is 5.56 Å². The summed E-state index contributed by atoms with van der Waals surface area (Å²) in [5.74, 6) is -1.19. The Morgan fingerprint density at radius 2 is 1.93 bits per heavy atom.